The molecule has 0 aliphatic heterocycles. The fraction of sp³-hybridized carbons (Fsp3) is 0.421. The molecule has 0 aliphatic carbocycles. The Hall–Kier alpha value is -2.10. The number of benzene rings is 1. The first-order valence-electron chi connectivity index (χ1n) is 8.96. The summed E-state index contributed by atoms with van der Waals surface area (Å²) in [5, 5.41) is 10.7. The van der Waals surface area contributed by atoms with Gasteiger partial charge in [0.05, 0.1) is 12.2 Å². The minimum absolute atomic E-state index is 0. The molecule has 8 heteroatoms. The third-order valence-corrected chi connectivity index (χ3v) is 4.02. The number of carbonyl (C=O) groups excluding carboxylic acids is 1. The van der Waals surface area contributed by atoms with Crippen molar-refractivity contribution in [3.05, 3.63) is 52.4 Å². The van der Waals surface area contributed by atoms with Crippen molar-refractivity contribution in [2.45, 2.75) is 46.7 Å². The lowest BCUT2D eigenvalue weighted by Gasteiger charge is -2.12. The fourth-order valence-corrected chi connectivity index (χ4v) is 2.64. The quantitative estimate of drug-likeness (QED) is 0.303. The number of amides is 1. The number of nitrogens with two attached hydrogens (primary N) is 1. The Labute approximate surface area is 177 Å². The van der Waals surface area contributed by atoms with E-state index in [1.165, 1.54) is 0 Å². The number of aromatic nitrogens is 1. The smallest absolute Gasteiger partial charge is 0.248 e. The first-order valence-corrected chi connectivity index (χ1v) is 8.96. The normalized spacial score (nSPS) is 11.0. The third kappa shape index (κ3) is 6.53. The minimum atomic E-state index is -0.437. The molecule has 0 atom stereocenters. The number of rotatable bonds is 8. The topological polar surface area (TPSA) is 106 Å². The molecule has 1 heterocycles. The van der Waals surface area contributed by atoms with Gasteiger partial charge in [-0.3, -0.25) is 4.79 Å². The van der Waals surface area contributed by atoms with E-state index in [0.717, 1.165) is 42.0 Å². The number of aliphatic imine (C=N–C) groups is 1. The first-order chi connectivity index (χ1) is 12.6. The zero-order chi connectivity index (χ0) is 18.9. The van der Waals surface area contributed by atoms with Gasteiger partial charge in [-0.2, -0.15) is 0 Å². The Morgan fingerprint density at radius 1 is 1.22 bits per heavy atom. The molecule has 0 fully saturated rings. The molecule has 2 aromatic rings. The molecule has 7 nitrogen and oxygen atoms in total. The van der Waals surface area contributed by atoms with Crippen molar-refractivity contribution in [3.63, 3.8) is 0 Å². The average Bonchev–Trinajstić information content (AvgIpc) is 3.06. The summed E-state index contributed by atoms with van der Waals surface area (Å²) in [6.45, 7) is 7.92. The molecule has 4 N–H and O–H groups in total. The Bertz CT molecular complexity index is 752. The van der Waals surface area contributed by atoms with Crippen LogP contribution in [0.4, 0.5) is 0 Å². The highest BCUT2D eigenvalue weighted by atomic mass is 127. The van der Waals surface area contributed by atoms with Crippen LogP contribution in [0, 0.1) is 0 Å². The second kappa shape index (κ2) is 11.6. The van der Waals surface area contributed by atoms with Gasteiger partial charge in [-0.15, -0.1) is 24.0 Å². The molecule has 1 aromatic carbocycles. The summed E-state index contributed by atoms with van der Waals surface area (Å²) in [5.41, 5.74) is 8.80. The summed E-state index contributed by atoms with van der Waals surface area (Å²) >= 11 is 0. The predicted molar refractivity (Wildman–Crippen MR) is 117 cm³/mol. The first kappa shape index (κ1) is 22.9. The molecule has 148 valence electrons. The lowest BCUT2D eigenvalue weighted by atomic mass is 10.1. The summed E-state index contributed by atoms with van der Waals surface area (Å²) in [4.78, 5) is 15.9. The Balaban J connectivity index is 0.00000364. The van der Waals surface area contributed by atoms with Crippen LogP contribution in [-0.4, -0.2) is 23.6 Å². The monoisotopic (exact) mass is 485 g/mol. The van der Waals surface area contributed by atoms with Crippen molar-refractivity contribution in [2.24, 2.45) is 10.7 Å². The third-order valence-electron chi connectivity index (χ3n) is 4.02. The summed E-state index contributed by atoms with van der Waals surface area (Å²) in [6.07, 6.45) is 1.63. The van der Waals surface area contributed by atoms with Crippen molar-refractivity contribution in [2.75, 3.05) is 6.54 Å². The van der Waals surface area contributed by atoms with Crippen LogP contribution in [0.25, 0.3) is 0 Å². The van der Waals surface area contributed by atoms with Crippen LogP contribution in [0.2, 0.25) is 0 Å². The van der Waals surface area contributed by atoms with Crippen molar-refractivity contribution >= 4 is 35.8 Å². The highest BCUT2D eigenvalue weighted by Gasteiger charge is 2.13. The van der Waals surface area contributed by atoms with Crippen LogP contribution in [0.3, 0.4) is 0 Å². The highest BCUT2D eigenvalue weighted by Crippen LogP contribution is 2.15. The molecular weight excluding hydrogens is 457 g/mol. The molecule has 2 rings (SSSR count). The van der Waals surface area contributed by atoms with E-state index >= 15 is 0 Å². The van der Waals surface area contributed by atoms with E-state index in [1.54, 1.807) is 12.1 Å². The van der Waals surface area contributed by atoms with E-state index in [0.29, 0.717) is 24.6 Å². The molecule has 0 saturated heterocycles. The van der Waals surface area contributed by atoms with Crippen molar-refractivity contribution in [1.82, 2.24) is 15.8 Å². The zero-order valence-electron chi connectivity index (χ0n) is 16.0. The maximum absolute atomic E-state index is 11.3. The van der Waals surface area contributed by atoms with E-state index in [9.17, 15) is 4.79 Å². The molecule has 0 spiro atoms. The van der Waals surface area contributed by atoms with Crippen LogP contribution in [-0.2, 0) is 25.9 Å². The molecule has 1 amide bonds. The van der Waals surface area contributed by atoms with E-state index in [1.807, 2.05) is 19.1 Å². The molecule has 0 saturated carbocycles. The molecule has 0 aliphatic rings. The number of carbonyl (C=O) groups is 1. The largest absolute Gasteiger partial charge is 0.366 e. The number of halogens is 1. The minimum Gasteiger partial charge on any atom is -0.366 e. The number of guanidine groups is 1. The van der Waals surface area contributed by atoms with Gasteiger partial charge in [0.15, 0.2) is 5.96 Å². The Morgan fingerprint density at radius 2 is 2.00 bits per heavy atom. The van der Waals surface area contributed by atoms with Gasteiger partial charge < -0.3 is 20.9 Å². The van der Waals surface area contributed by atoms with Gasteiger partial charge in [0, 0.05) is 30.6 Å². The average molecular weight is 485 g/mol. The van der Waals surface area contributed by atoms with Crippen LogP contribution < -0.4 is 16.4 Å². The van der Waals surface area contributed by atoms with E-state index in [-0.39, 0.29) is 24.0 Å². The van der Waals surface area contributed by atoms with Crippen LogP contribution in [0.15, 0.2) is 33.8 Å². The van der Waals surface area contributed by atoms with Crippen molar-refractivity contribution in [1.29, 1.82) is 0 Å². The lowest BCUT2D eigenvalue weighted by molar-refractivity contribution is 0.1000. The van der Waals surface area contributed by atoms with Crippen LogP contribution in [0.5, 0.6) is 0 Å². The van der Waals surface area contributed by atoms with E-state index in [2.05, 4.69) is 34.6 Å². The number of hydrogen-bond acceptors (Lipinski definition) is 4. The maximum Gasteiger partial charge on any atom is 0.248 e. The SMILES string of the molecule is CCNC(=NCc1cccc(C(N)=O)c1)NCc1c(CC)noc1CC.I. The number of nitrogens with zero attached hydrogens (tertiary/aromatic N) is 2. The molecule has 0 bridgehead atoms. The van der Waals surface area contributed by atoms with Crippen LogP contribution >= 0.6 is 24.0 Å². The van der Waals surface area contributed by atoms with E-state index in [4.69, 9.17) is 10.3 Å². The van der Waals surface area contributed by atoms with Gasteiger partial charge in [0.25, 0.3) is 0 Å². The molecular formula is C19H28IN5O2. The van der Waals surface area contributed by atoms with Crippen LogP contribution in [0.1, 0.15) is 53.7 Å². The second-order valence-corrected chi connectivity index (χ2v) is 5.85. The van der Waals surface area contributed by atoms with Gasteiger partial charge >= 0.3 is 0 Å². The van der Waals surface area contributed by atoms with Gasteiger partial charge in [-0.05, 0) is 31.0 Å². The van der Waals surface area contributed by atoms with Gasteiger partial charge in [-0.25, -0.2) is 4.99 Å². The van der Waals surface area contributed by atoms with Gasteiger partial charge in [-0.1, -0.05) is 31.1 Å². The molecule has 1 aromatic heterocycles. The fourth-order valence-electron chi connectivity index (χ4n) is 2.64. The standard InChI is InChI=1S/C19H27N5O2.HI/c1-4-16-15(17(5-2)26-24-16)12-23-19(21-6-3)22-11-13-8-7-9-14(10-13)18(20)25;/h7-10H,4-6,11-12H2,1-3H3,(H2,20,25)(H2,21,22,23);1H. The summed E-state index contributed by atoms with van der Waals surface area (Å²) < 4.78 is 5.40. The molecule has 0 unspecified atom stereocenters. The lowest BCUT2D eigenvalue weighted by Crippen LogP contribution is -2.37. The maximum atomic E-state index is 11.3. The summed E-state index contributed by atoms with van der Waals surface area (Å²) in [5.74, 6) is 1.16. The Kier molecular flexibility index (Phi) is 9.84. The van der Waals surface area contributed by atoms with Crippen molar-refractivity contribution < 1.29 is 9.32 Å². The van der Waals surface area contributed by atoms with Gasteiger partial charge in [0.1, 0.15) is 5.76 Å². The number of aryl methyl sites for hydroxylation is 2. The number of primary amides is 1. The number of hydrogen-bond donors (Lipinski definition) is 3. The molecule has 0 radical (unpaired) electrons. The highest BCUT2D eigenvalue weighted by molar-refractivity contribution is 14.0. The zero-order valence-corrected chi connectivity index (χ0v) is 18.4. The Morgan fingerprint density at radius 3 is 2.63 bits per heavy atom. The summed E-state index contributed by atoms with van der Waals surface area (Å²) in [6, 6.07) is 7.19. The number of nitrogens with one attached hydrogen (secondary N) is 2. The summed E-state index contributed by atoms with van der Waals surface area (Å²) in [7, 11) is 0. The van der Waals surface area contributed by atoms with Gasteiger partial charge in [0.2, 0.25) is 5.91 Å². The van der Waals surface area contributed by atoms with E-state index < -0.39 is 5.91 Å². The second-order valence-electron chi connectivity index (χ2n) is 5.85. The molecule has 27 heavy (non-hydrogen) atoms. The van der Waals surface area contributed by atoms with Crippen molar-refractivity contribution in [3.8, 4) is 0 Å². The predicted octanol–water partition coefficient (Wildman–Crippen LogP) is 2.77.